The van der Waals surface area contributed by atoms with Gasteiger partial charge in [0.05, 0.1) is 0 Å². The molecule has 2 atom stereocenters. The molecule has 0 radical (unpaired) electrons. The summed E-state index contributed by atoms with van der Waals surface area (Å²) in [6, 6.07) is 25.5. The lowest BCUT2D eigenvalue weighted by atomic mass is 9.74. The van der Waals surface area contributed by atoms with Gasteiger partial charge in [-0.2, -0.15) is 0 Å². The Kier molecular flexibility index (Phi) is 6.04. The van der Waals surface area contributed by atoms with Gasteiger partial charge in [0.15, 0.2) is 0 Å². The fourth-order valence-electron chi connectivity index (χ4n) is 5.17. The summed E-state index contributed by atoms with van der Waals surface area (Å²) < 4.78 is 0. The molecule has 0 aromatic heterocycles. The third-order valence-electron chi connectivity index (χ3n) is 6.81. The third kappa shape index (κ3) is 4.10. The molecule has 1 N–H and O–H groups in total. The van der Waals surface area contributed by atoms with Crippen molar-refractivity contribution in [1.82, 2.24) is 0 Å². The molecule has 3 aromatic rings. The van der Waals surface area contributed by atoms with Gasteiger partial charge in [-0.05, 0) is 47.1 Å². The minimum atomic E-state index is 0.154. The highest BCUT2D eigenvalue weighted by Crippen LogP contribution is 2.45. The predicted molar refractivity (Wildman–Crippen MR) is 122 cm³/mol. The Bertz CT molecular complexity index is 923. The number of hydrogen-bond acceptors (Lipinski definition) is 1. The number of hydrogen-bond donors (Lipinski definition) is 1. The highest BCUT2D eigenvalue weighted by Gasteiger charge is 2.28. The van der Waals surface area contributed by atoms with E-state index in [1.54, 1.807) is 0 Å². The van der Waals surface area contributed by atoms with Crippen molar-refractivity contribution in [2.45, 2.75) is 63.7 Å². The quantitative estimate of drug-likeness (QED) is 0.477. The van der Waals surface area contributed by atoms with Crippen LogP contribution in [0.3, 0.4) is 0 Å². The number of rotatable bonds is 5. The zero-order valence-corrected chi connectivity index (χ0v) is 17.6. The zero-order chi connectivity index (χ0) is 20.2. The molecule has 1 fully saturated rings. The van der Waals surface area contributed by atoms with E-state index in [1.807, 2.05) is 6.07 Å². The first kappa shape index (κ1) is 19.8. The highest BCUT2D eigenvalue weighted by molar-refractivity contribution is 5.54. The van der Waals surface area contributed by atoms with Crippen LogP contribution in [-0.2, 0) is 0 Å². The molecule has 0 aliphatic heterocycles. The molecule has 1 heteroatoms. The Hall–Kier alpha value is -2.54. The molecule has 150 valence electrons. The van der Waals surface area contributed by atoms with Gasteiger partial charge in [-0.15, -0.1) is 0 Å². The van der Waals surface area contributed by atoms with Crippen LogP contribution in [0.15, 0.2) is 72.8 Å². The van der Waals surface area contributed by atoms with Crippen molar-refractivity contribution >= 4 is 0 Å². The van der Waals surface area contributed by atoms with Gasteiger partial charge in [0.2, 0.25) is 0 Å². The molecular formula is C28H32O. The van der Waals surface area contributed by atoms with Crippen LogP contribution in [0.2, 0.25) is 0 Å². The maximum atomic E-state index is 11.0. The maximum Gasteiger partial charge on any atom is 0.119 e. The summed E-state index contributed by atoms with van der Waals surface area (Å²) in [5, 5.41) is 11.0. The van der Waals surface area contributed by atoms with E-state index in [2.05, 4.69) is 80.6 Å². The van der Waals surface area contributed by atoms with Crippen molar-refractivity contribution < 1.29 is 5.11 Å². The number of phenolic OH excluding ortho intramolecular Hbond substituents is 1. The Balaban J connectivity index is 1.89. The second-order valence-corrected chi connectivity index (χ2v) is 8.60. The summed E-state index contributed by atoms with van der Waals surface area (Å²) in [5.74, 6) is 1.44. The molecule has 29 heavy (non-hydrogen) atoms. The molecule has 1 nitrogen and oxygen atoms in total. The molecule has 1 saturated carbocycles. The molecule has 0 saturated heterocycles. The molecule has 3 aromatic carbocycles. The van der Waals surface area contributed by atoms with Crippen LogP contribution in [0, 0.1) is 0 Å². The lowest BCUT2D eigenvalue weighted by Gasteiger charge is -2.31. The summed E-state index contributed by atoms with van der Waals surface area (Å²) in [6.45, 7) is 4.54. The lowest BCUT2D eigenvalue weighted by molar-refractivity contribution is 0.436. The maximum absolute atomic E-state index is 11.0. The number of benzene rings is 3. The van der Waals surface area contributed by atoms with Gasteiger partial charge in [0.25, 0.3) is 0 Å². The molecule has 2 unspecified atom stereocenters. The van der Waals surface area contributed by atoms with Gasteiger partial charge in [0, 0.05) is 17.4 Å². The average molecular weight is 385 g/mol. The van der Waals surface area contributed by atoms with Crippen LogP contribution in [0.5, 0.6) is 5.75 Å². The minimum absolute atomic E-state index is 0.154. The first-order valence-corrected chi connectivity index (χ1v) is 11.1. The Morgan fingerprint density at radius 2 is 1.17 bits per heavy atom. The van der Waals surface area contributed by atoms with Crippen LogP contribution in [0.4, 0.5) is 0 Å². The van der Waals surface area contributed by atoms with Crippen LogP contribution in [0.25, 0.3) is 0 Å². The fourth-order valence-corrected chi connectivity index (χ4v) is 5.17. The SMILES string of the molecule is CC(c1ccccc1)c1c(O)ccc(C2CCCCC2)c1C(C)c1ccccc1. The van der Waals surface area contributed by atoms with E-state index in [4.69, 9.17) is 0 Å². The van der Waals surface area contributed by atoms with E-state index in [0.29, 0.717) is 11.7 Å². The van der Waals surface area contributed by atoms with E-state index < -0.39 is 0 Å². The smallest absolute Gasteiger partial charge is 0.119 e. The molecule has 0 spiro atoms. The van der Waals surface area contributed by atoms with Crippen molar-refractivity contribution in [1.29, 1.82) is 0 Å². The molecule has 4 rings (SSSR count). The van der Waals surface area contributed by atoms with Crippen LogP contribution in [-0.4, -0.2) is 5.11 Å². The van der Waals surface area contributed by atoms with E-state index >= 15 is 0 Å². The molecule has 1 aliphatic carbocycles. The van der Waals surface area contributed by atoms with Gasteiger partial charge in [-0.3, -0.25) is 0 Å². The number of phenols is 1. The monoisotopic (exact) mass is 384 g/mol. The van der Waals surface area contributed by atoms with E-state index in [1.165, 1.54) is 54.4 Å². The molecule has 1 aliphatic rings. The van der Waals surface area contributed by atoms with Crippen LogP contribution < -0.4 is 0 Å². The highest BCUT2D eigenvalue weighted by atomic mass is 16.3. The average Bonchev–Trinajstić information content (AvgIpc) is 2.79. The van der Waals surface area contributed by atoms with Gasteiger partial charge >= 0.3 is 0 Å². The Morgan fingerprint density at radius 3 is 1.72 bits per heavy atom. The topological polar surface area (TPSA) is 20.2 Å². The Labute approximate surface area is 175 Å². The third-order valence-corrected chi connectivity index (χ3v) is 6.81. The van der Waals surface area contributed by atoms with Crippen molar-refractivity contribution in [3.63, 3.8) is 0 Å². The lowest BCUT2D eigenvalue weighted by Crippen LogP contribution is -2.14. The zero-order valence-electron chi connectivity index (χ0n) is 17.6. The van der Waals surface area contributed by atoms with E-state index in [0.717, 1.165) is 5.56 Å². The number of aromatic hydroxyl groups is 1. The van der Waals surface area contributed by atoms with Crippen molar-refractivity contribution in [2.75, 3.05) is 0 Å². The molecule has 0 amide bonds. The van der Waals surface area contributed by atoms with E-state index in [-0.39, 0.29) is 11.8 Å². The summed E-state index contributed by atoms with van der Waals surface area (Å²) >= 11 is 0. The molecule has 0 bridgehead atoms. The van der Waals surface area contributed by atoms with Crippen molar-refractivity contribution in [3.05, 3.63) is 101 Å². The molecular weight excluding hydrogens is 352 g/mol. The normalized spacial score (nSPS) is 17.0. The van der Waals surface area contributed by atoms with Gasteiger partial charge in [-0.1, -0.05) is 99.8 Å². The fraction of sp³-hybridized carbons (Fsp3) is 0.357. The first-order chi connectivity index (χ1) is 14.2. The van der Waals surface area contributed by atoms with Crippen molar-refractivity contribution in [3.8, 4) is 5.75 Å². The van der Waals surface area contributed by atoms with Gasteiger partial charge < -0.3 is 5.11 Å². The van der Waals surface area contributed by atoms with E-state index in [9.17, 15) is 5.11 Å². The predicted octanol–water partition coefficient (Wildman–Crippen LogP) is 7.74. The summed E-state index contributed by atoms with van der Waals surface area (Å²) in [5.41, 5.74) is 6.48. The standard InChI is InChI=1S/C28H32O/c1-20(22-12-6-3-7-13-22)27-25(24-16-10-5-11-17-24)18-19-26(29)28(27)21(2)23-14-8-4-9-15-23/h3-4,6-9,12-15,18-21,24,29H,5,10-11,16-17H2,1-2H3. The Morgan fingerprint density at radius 1 is 0.655 bits per heavy atom. The summed E-state index contributed by atoms with van der Waals surface area (Å²) in [4.78, 5) is 0. The van der Waals surface area contributed by atoms with Crippen LogP contribution >= 0.6 is 0 Å². The minimum Gasteiger partial charge on any atom is -0.508 e. The summed E-state index contributed by atoms with van der Waals surface area (Å²) in [7, 11) is 0. The van der Waals surface area contributed by atoms with Gasteiger partial charge in [0.1, 0.15) is 5.75 Å². The second kappa shape index (κ2) is 8.86. The first-order valence-electron chi connectivity index (χ1n) is 11.1. The summed E-state index contributed by atoms with van der Waals surface area (Å²) in [6.07, 6.45) is 6.50. The second-order valence-electron chi connectivity index (χ2n) is 8.60. The van der Waals surface area contributed by atoms with Crippen molar-refractivity contribution in [2.24, 2.45) is 0 Å². The van der Waals surface area contributed by atoms with Gasteiger partial charge in [-0.25, -0.2) is 0 Å². The van der Waals surface area contributed by atoms with Crippen LogP contribution in [0.1, 0.15) is 91.5 Å². The molecule has 0 heterocycles. The largest absolute Gasteiger partial charge is 0.508 e.